The van der Waals surface area contributed by atoms with Gasteiger partial charge in [-0.1, -0.05) is 31.4 Å². The molecule has 31 heavy (non-hydrogen) atoms. The fourth-order valence-electron chi connectivity index (χ4n) is 4.69. The lowest BCUT2D eigenvalue weighted by Gasteiger charge is -2.34. The van der Waals surface area contributed by atoms with Gasteiger partial charge in [0.05, 0.1) is 13.2 Å². The molecule has 0 bridgehead atoms. The second-order valence-corrected chi connectivity index (χ2v) is 8.51. The van der Waals surface area contributed by atoms with Crippen LogP contribution in [0.1, 0.15) is 56.9 Å². The SMILES string of the molecule is O=C1CN2Cc3cccc(OCCCCC(=O)N(CCO)C4CCCCC4)c3N=C2N1. The zero-order valence-corrected chi connectivity index (χ0v) is 18.0. The maximum atomic E-state index is 12.7. The molecule has 1 saturated heterocycles. The zero-order chi connectivity index (χ0) is 21.6. The number of ether oxygens (including phenoxy) is 1. The number of unbranched alkanes of at least 4 members (excludes halogenated alkanes) is 1. The van der Waals surface area contributed by atoms with Crippen LogP contribution in [0.25, 0.3) is 0 Å². The Hall–Kier alpha value is -2.61. The molecule has 2 amide bonds. The number of nitrogens with zero attached hydrogens (tertiary/aromatic N) is 3. The summed E-state index contributed by atoms with van der Waals surface area (Å²) < 4.78 is 5.98. The first kappa shape index (κ1) is 21.6. The number of rotatable bonds is 9. The average Bonchev–Trinajstić information content (AvgIpc) is 3.15. The topological polar surface area (TPSA) is 94.5 Å². The maximum Gasteiger partial charge on any atom is 0.246 e. The van der Waals surface area contributed by atoms with Crippen molar-refractivity contribution in [2.45, 2.75) is 64.0 Å². The molecule has 8 nitrogen and oxygen atoms in total. The molecule has 1 aromatic carbocycles. The number of carbonyl (C=O) groups is 2. The van der Waals surface area contributed by atoms with Crippen molar-refractivity contribution < 1.29 is 19.4 Å². The first-order valence-corrected chi connectivity index (χ1v) is 11.4. The Morgan fingerprint density at radius 1 is 1.23 bits per heavy atom. The van der Waals surface area contributed by atoms with Gasteiger partial charge >= 0.3 is 0 Å². The van der Waals surface area contributed by atoms with E-state index < -0.39 is 0 Å². The molecule has 2 N–H and O–H groups in total. The number of aliphatic imine (C=N–C) groups is 1. The van der Waals surface area contributed by atoms with Crippen LogP contribution in [0.4, 0.5) is 5.69 Å². The normalized spacial score (nSPS) is 18.2. The van der Waals surface area contributed by atoms with Gasteiger partial charge in [0.1, 0.15) is 18.0 Å². The molecule has 4 rings (SSSR count). The molecule has 168 valence electrons. The van der Waals surface area contributed by atoms with E-state index in [0.29, 0.717) is 44.4 Å². The van der Waals surface area contributed by atoms with Gasteiger partial charge in [-0.3, -0.25) is 14.9 Å². The van der Waals surface area contributed by atoms with Gasteiger partial charge in [0, 0.05) is 31.1 Å². The van der Waals surface area contributed by atoms with Crippen molar-refractivity contribution in [1.82, 2.24) is 15.1 Å². The predicted octanol–water partition coefficient (Wildman–Crippen LogP) is 2.32. The molecule has 0 radical (unpaired) electrons. The first-order chi connectivity index (χ1) is 15.2. The number of aliphatic hydroxyl groups is 1. The fourth-order valence-corrected chi connectivity index (χ4v) is 4.69. The molecule has 2 aliphatic heterocycles. The molecule has 2 heterocycles. The summed E-state index contributed by atoms with van der Waals surface area (Å²) in [7, 11) is 0. The number of nitrogens with one attached hydrogen (secondary N) is 1. The Morgan fingerprint density at radius 3 is 2.87 bits per heavy atom. The van der Waals surface area contributed by atoms with Gasteiger partial charge in [0.25, 0.3) is 0 Å². The molecule has 1 saturated carbocycles. The molecule has 1 aromatic rings. The van der Waals surface area contributed by atoms with Crippen molar-refractivity contribution in [3.05, 3.63) is 23.8 Å². The minimum Gasteiger partial charge on any atom is -0.491 e. The number of aliphatic hydroxyl groups excluding tert-OH is 1. The molecule has 0 atom stereocenters. The van der Waals surface area contributed by atoms with E-state index in [1.54, 1.807) is 0 Å². The minimum absolute atomic E-state index is 0.0187. The molecule has 0 aromatic heterocycles. The van der Waals surface area contributed by atoms with E-state index in [1.165, 1.54) is 19.3 Å². The van der Waals surface area contributed by atoms with Crippen LogP contribution in [0.2, 0.25) is 0 Å². The molecular weight excluding hydrogens is 396 g/mol. The van der Waals surface area contributed by atoms with Gasteiger partial charge < -0.3 is 19.6 Å². The summed E-state index contributed by atoms with van der Waals surface area (Å²) in [5.41, 5.74) is 1.82. The number of hydrogen-bond donors (Lipinski definition) is 2. The molecule has 2 fully saturated rings. The van der Waals surface area contributed by atoms with Gasteiger partial charge in [-0.2, -0.15) is 0 Å². The third-order valence-electron chi connectivity index (χ3n) is 6.27. The summed E-state index contributed by atoms with van der Waals surface area (Å²) in [6, 6.07) is 6.13. The van der Waals surface area contributed by atoms with Gasteiger partial charge in [0.15, 0.2) is 0 Å². The van der Waals surface area contributed by atoms with Crippen LogP contribution in [0, 0.1) is 0 Å². The van der Waals surface area contributed by atoms with Crippen LogP contribution < -0.4 is 10.1 Å². The van der Waals surface area contributed by atoms with Crippen LogP contribution in [0.15, 0.2) is 23.2 Å². The third-order valence-corrected chi connectivity index (χ3v) is 6.27. The van der Waals surface area contributed by atoms with Gasteiger partial charge in [0.2, 0.25) is 17.8 Å². The van der Waals surface area contributed by atoms with Crippen LogP contribution in [0.5, 0.6) is 5.75 Å². The summed E-state index contributed by atoms with van der Waals surface area (Å²) in [6.45, 7) is 1.94. The Bertz CT molecular complexity index is 835. The van der Waals surface area contributed by atoms with Gasteiger partial charge in [-0.15, -0.1) is 0 Å². The van der Waals surface area contributed by atoms with Crippen molar-refractivity contribution in [3.63, 3.8) is 0 Å². The lowest BCUT2D eigenvalue weighted by Crippen LogP contribution is -2.43. The second-order valence-electron chi connectivity index (χ2n) is 8.51. The van der Waals surface area contributed by atoms with E-state index >= 15 is 0 Å². The van der Waals surface area contributed by atoms with Crippen molar-refractivity contribution in [1.29, 1.82) is 0 Å². The summed E-state index contributed by atoms with van der Waals surface area (Å²) in [5, 5.41) is 12.2. The highest BCUT2D eigenvalue weighted by Crippen LogP contribution is 2.36. The monoisotopic (exact) mass is 428 g/mol. The van der Waals surface area contributed by atoms with Gasteiger partial charge in [-0.25, -0.2) is 4.99 Å². The van der Waals surface area contributed by atoms with E-state index in [-0.39, 0.29) is 24.5 Å². The maximum absolute atomic E-state index is 12.7. The molecule has 8 heteroatoms. The summed E-state index contributed by atoms with van der Waals surface area (Å²) in [5.74, 6) is 1.40. The van der Waals surface area contributed by atoms with E-state index in [4.69, 9.17) is 4.74 Å². The van der Waals surface area contributed by atoms with Crippen LogP contribution in [-0.4, -0.2) is 65.0 Å². The van der Waals surface area contributed by atoms with E-state index in [0.717, 1.165) is 36.9 Å². The van der Waals surface area contributed by atoms with E-state index in [9.17, 15) is 14.7 Å². The van der Waals surface area contributed by atoms with Crippen LogP contribution in [0.3, 0.4) is 0 Å². The number of carbonyl (C=O) groups excluding carboxylic acids is 2. The van der Waals surface area contributed by atoms with Gasteiger partial charge in [-0.05, 0) is 31.7 Å². The van der Waals surface area contributed by atoms with Crippen molar-refractivity contribution in [2.75, 3.05) is 26.3 Å². The minimum atomic E-state index is -0.0397. The van der Waals surface area contributed by atoms with Crippen molar-refractivity contribution >= 4 is 23.5 Å². The lowest BCUT2D eigenvalue weighted by atomic mass is 9.94. The number of guanidine groups is 1. The fraction of sp³-hybridized carbons (Fsp3) is 0.609. The van der Waals surface area contributed by atoms with Crippen LogP contribution >= 0.6 is 0 Å². The second kappa shape index (κ2) is 10.1. The molecular formula is C23H32N4O4. The molecule has 0 unspecified atom stereocenters. The zero-order valence-electron chi connectivity index (χ0n) is 18.0. The number of benzene rings is 1. The van der Waals surface area contributed by atoms with E-state index in [2.05, 4.69) is 10.3 Å². The molecule has 1 aliphatic carbocycles. The number of amides is 2. The summed E-state index contributed by atoms with van der Waals surface area (Å²) in [6.07, 6.45) is 7.68. The highest BCUT2D eigenvalue weighted by molar-refractivity contribution is 6.06. The van der Waals surface area contributed by atoms with Crippen molar-refractivity contribution in [2.24, 2.45) is 4.99 Å². The Labute approximate surface area is 183 Å². The summed E-state index contributed by atoms with van der Waals surface area (Å²) in [4.78, 5) is 32.7. The third kappa shape index (κ3) is 5.18. The highest BCUT2D eigenvalue weighted by atomic mass is 16.5. The number of hydrogen-bond acceptors (Lipinski definition) is 6. The molecule has 3 aliphatic rings. The highest BCUT2D eigenvalue weighted by Gasteiger charge is 2.30. The largest absolute Gasteiger partial charge is 0.491 e. The van der Waals surface area contributed by atoms with E-state index in [1.807, 2.05) is 28.0 Å². The Morgan fingerprint density at radius 2 is 2.06 bits per heavy atom. The standard InChI is InChI=1S/C23H32N4O4/c28-13-12-27(18-8-2-1-3-9-18)21(30)11-4-5-14-31-19-10-6-7-17-15-26-16-20(29)24-23(26)25-22(17)19/h6-7,10,18,28H,1-5,8-9,11-16H2,(H,24,25,29). The Balaban J connectivity index is 1.26. The average molecular weight is 429 g/mol. The lowest BCUT2D eigenvalue weighted by molar-refractivity contribution is -0.135. The predicted molar refractivity (Wildman–Crippen MR) is 117 cm³/mol. The number of para-hydroxylation sites is 1. The summed E-state index contributed by atoms with van der Waals surface area (Å²) >= 11 is 0. The van der Waals surface area contributed by atoms with Crippen LogP contribution in [-0.2, 0) is 16.1 Å². The molecule has 0 spiro atoms. The van der Waals surface area contributed by atoms with Crippen molar-refractivity contribution in [3.8, 4) is 5.75 Å². The smallest absolute Gasteiger partial charge is 0.246 e. The Kier molecular flexibility index (Phi) is 7.06. The quantitative estimate of drug-likeness (QED) is 0.589. The first-order valence-electron chi connectivity index (χ1n) is 11.4. The number of fused-ring (bicyclic) bond motifs is 2.